The molecule has 1 aliphatic rings. The van der Waals surface area contributed by atoms with Gasteiger partial charge in [-0.25, -0.2) is 19.4 Å². The van der Waals surface area contributed by atoms with Crippen LogP contribution in [0.2, 0.25) is 0 Å². The van der Waals surface area contributed by atoms with Crippen LogP contribution < -0.4 is 10.5 Å². The zero-order valence-electron chi connectivity index (χ0n) is 18.1. The van der Waals surface area contributed by atoms with E-state index in [0.717, 1.165) is 6.34 Å². The highest BCUT2D eigenvalue weighted by atomic mass is 19.1. The molecule has 2 amide bonds. The number of carbonyl (C=O) groups is 2. The summed E-state index contributed by atoms with van der Waals surface area (Å²) in [7, 11) is 1.49. The molecule has 1 aromatic carbocycles. The van der Waals surface area contributed by atoms with Crippen LogP contribution in [-0.2, 0) is 4.79 Å². The summed E-state index contributed by atoms with van der Waals surface area (Å²) < 4.78 is 18.3. The lowest BCUT2D eigenvalue weighted by atomic mass is 10.1. The molecule has 1 fully saturated rings. The second kappa shape index (κ2) is 9.99. The van der Waals surface area contributed by atoms with Crippen molar-refractivity contribution in [2.24, 2.45) is 15.7 Å². The van der Waals surface area contributed by atoms with Gasteiger partial charge in [0.1, 0.15) is 17.8 Å². The summed E-state index contributed by atoms with van der Waals surface area (Å²) in [6, 6.07) is 10.1. The number of benzene rings is 1. The lowest BCUT2D eigenvalue weighted by Crippen LogP contribution is -2.61. The number of halogens is 1. The molecule has 1 saturated heterocycles. The molecule has 3 rings (SSSR count). The SMILES string of the molecule is COc1cccc(C(=O)N2C[C@@H](C)N(C(=O)C(N)=NC=Nc3cccc(F)c3)[C@@H](C)C2)n1. The average molecular weight is 440 g/mol. The van der Waals surface area contributed by atoms with Crippen molar-refractivity contribution in [2.75, 3.05) is 20.2 Å². The van der Waals surface area contributed by atoms with E-state index in [9.17, 15) is 14.0 Å². The first kappa shape index (κ1) is 22.9. The van der Waals surface area contributed by atoms with Gasteiger partial charge in [0, 0.05) is 31.2 Å². The molecule has 32 heavy (non-hydrogen) atoms. The van der Waals surface area contributed by atoms with Crippen LogP contribution in [0.15, 0.2) is 52.4 Å². The van der Waals surface area contributed by atoms with Gasteiger partial charge >= 0.3 is 0 Å². The molecule has 2 atom stereocenters. The monoisotopic (exact) mass is 440 g/mol. The summed E-state index contributed by atoms with van der Waals surface area (Å²) in [5.41, 5.74) is 6.50. The number of nitrogens with two attached hydrogens (primary N) is 1. The summed E-state index contributed by atoms with van der Waals surface area (Å²) in [5, 5.41) is 0. The Balaban J connectivity index is 1.67. The van der Waals surface area contributed by atoms with E-state index in [1.807, 2.05) is 13.8 Å². The number of ether oxygens (including phenoxy) is 1. The molecular weight excluding hydrogens is 415 g/mol. The van der Waals surface area contributed by atoms with Gasteiger partial charge in [-0.15, -0.1) is 0 Å². The van der Waals surface area contributed by atoms with Crippen LogP contribution in [0, 0.1) is 5.82 Å². The number of carbonyl (C=O) groups excluding carboxylic acids is 2. The van der Waals surface area contributed by atoms with E-state index in [1.165, 1.54) is 25.3 Å². The number of amidine groups is 1. The van der Waals surface area contributed by atoms with Crippen LogP contribution >= 0.6 is 0 Å². The van der Waals surface area contributed by atoms with Gasteiger partial charge in [-0.2, -0.15) is 0 Å². The van der Waals surface area contributed by atoms with Gasteiger partial charge in [-0.3, -0.25) is 9.59 Å². The number of piperazine rings is 1. The maximum absolute atomic E-state index is 13.2. The molecule has 9 nitrogen and oxygen atoms in total. The van der Waals surface area contributed by atoms with Crippen LogP contribution in [-0.4, -0.2) is 71.1 Å². The Hall–Kier alpha value is -3.82. The fourth-order valence-electron chi connectivity index (χ4n) is 3.60. The molecule has 0 unspecified atom stereocenters. The molecule has 1 aliphatic heterocycles. The standard InChI is InChI=1S/C22H25FN6O3/c1-14-11-28(21(30)18-8-5-9-19(27-18)32-3)12-15(2)29(14)22(31)20(24)26-13-25-17-7-4-6-16(23)10-17/h4-10,13-15H,11-12H2,1-3H3,(H2,24,25,26)/t14-,15+. The van der Waals surface area contributed by atoms with Gasteiger partial charge in [-0.1, -0.05) is 12.1 Å². The molecule has 2 aromatic rings. The third kappa shape index (κ3) is 5.26. The Bertz CT molecular complexity index is 1050. The molecule has 10 heteroatoms. The number of aromatic nitrogens is 1. The smallest absolute Gasteiger partial charge is 0.289 e. The zero-order valence-corrected chi connectivity index (χ0v) is 18.1. The Kier molecular flexibility index (Phi) is 7.14. The first-order valence-corrected chi connectivity index (χ1v) is 10.0. The largest absolute Gasteiger partial charge is 0.481 e. The number of amides is 2. The van der Waals surface area contributed by atoms with Crippen LogP contribution in [0.1, 0.15) is 24.3 Å². The third-order valence-corrected chi connectivity index (χ3v) is 5.02. The van der Waals surface area contributed by atoms with Gasteiger partial charge in [0.15, 0.2) is 5.84 Å². The van der Waals surface area contributed by atoms with E-state index in [1.54, 1.807) is 34.1 Å². The molecule has 1 aromatic heterocycles. The van der Waals surface area contributed by atoms with Crippen molar-refractivity contribution < 1.29 is 18.7 Å². The normalized spacial score (nSPS) is 19.3. The number of nitrogens with zero attached hydrogens (tertiary/aromatic N) is 5. The lowest BCUT2D eigenvalue weighted by Gasteiger charge is -2.44. The first-order valence-electron chi connectivity index (χ1n) is 10.0. The minimum atomic E-state index is -0.456. The number of rotatable bonds is 4. The highest BCUT2D eigenvalue weighted by molar-refractivity contribution is 6.38. The van der Waals surface area contributed by atoms with Gasteiger partial charge in [0.05, 0.1) is 12.8 Å². The number of pyridine rings is 1. The molecule has 0 aliphatic carbocycles. The molecule has 0 bridgehead atoms. The minimum Gasteiger partial charge on any atom is -0.481 e. The van der Waals surface area contributed by atoms with E-state index in [0.29, 0.717) is 24.7 Å². The van der Waals surface area contributed by atoms with Gasteiger partial charge in [0.25, 0.3) is 11.8 Å². The summed E-state index contributed by atoms with van der Waals surface area (Å²) in [4.78, 5) is 41.1. The average Bonchev–Trinajstić information content (AvgIpc) is 2.78. The zero-order chi connectivity index (χ0) is 23.3. The fraction of sp³-hybridized carbons (Fsp3) is 0.318. The van der Waals surface area contributed by atoms with Crippen LogP contribution in [0.3, 0.4) is 0 Å². The summed E-state index contributed by atoms with van der Waals surface area (Å²) >= 11 is 0. The van der Waals surface area contributed by atoms with E-state index in [4.69, 9.17) is 10.5 Å². The second-order valence-corrected chi connectivity index (χ2v) is 7.42. The predicted molar refractivity (Wildman–Crippen MR) is 119 cm³/mol. The maximum atomic E-state index is 13.2. The second-order valence-electron chi connectivity index (χ2n) is 7.42. The van der Waals surface area contributed by atoms with Crippen molar-refractivity contribution in [3.63, 3.8) is 0 Å². The Morgan fingerprint density at radius 2 is 1.88 bits per heavy atom. The summed E-state index contributed by atoms with van der Waals surface area (Å²) in [5.74, 6) is -1.000. The molecule has 0 radical (unpaired) electrons. The molecule has 2 N–H and O–H groups in total. The Morgan fingerprint density at radius 1 is 1.19 bits per heavy atom. The first-order chi connectivity index (χ1) is 15.3. The number of hydrogen-bond acceptors (Lipinski definition) is 5. The minimum absolute atomic E-state index is 0.237. The van der Waals surface area contributed by atoms with E-state index < -0.39 is 11.7 Å². The van der Waals surface area contributed by atoms with Gasteiger partial charge in [0.2, 0.25) is 5.88 Å². The Labute approximate surface area is 185 Å². The van der Waals surface area contributed by atoms with Crippen LogP contribution in [0.4, 0.5) is 10.1 Å². The number of hydrogen-bond donors (Lipinski definition) is 1. The topological polar surface area (TPSA) is 113 Å². The van der Waals surface area contributed by atoms with E-state index in [2.05, 4.69) is 15.0 Å². The molecule has 168 valence electrons. The predicted octanol–water partition coefficient (Wildman–Crippen LogP) is 2.01. The molecule has 0 saturated carbocycles. The van der Waals surface area contributed by atoms with Gasteiger partial charge in [-0.05, 0) is 38.1 Å². The van der Waals surface area contributed by atoms with Crippen molar-refractivity contribution >= 4 is 29.7 Å². The molecular formula is C22H25FN6O3. The molecule has 2 heterocycles. The Morgan fingerprint density at radius 3 is 2.53 bits per heavy atom. The van der Waals surface area contributed by atoms with Crippen molar-refractivity contribution in [1.82, 2.24) is 14.8 Å². The lowest BCUT2D eigenvalue weighted by molar-refractivity contribution is -0.131. The van der Waals surface area contributed by atoms with Gasteiger partial charge < -0.3 is 20.3 Å². The van der Waals surface area contributed by atoms with Crippen molar-refractivity contribution in [2.45, 2.75) is 25.9 Å². The number of aliphatic imine (C=N–C) groups is 2. The number of methoxy groups -OCH3 is 1. The van der Waals surface area contributed by atoms with E-state index >= 15 is 0 Å². The quantitative estimate of drug-likeness (QED) is 0.577. The molecule has 0 spiro atoms. The summed E-state index contributed by atoms with van der Waals surface area (Å²) in [6.45, 7) is 4.30. The van der Waals surface area contributed by atoms with Crippen molar-refractivity contribution in [1.29, 1.82) is 0 Å². The third-order valence-electron chi connectivity index (χ3n) is 5.02. The highest BCUT2D eigenvalue weighted by Gasteiger charge is 2.36. The van der Waals surface area contributed by atoms with Crippen molar-refractivity contribution in [3.05, 3.63) is 54.0 Å². The fourth-order valence-corrected chi connectivity index (χ4v) is 3.60. The summed E-state index contributed by atoms with van der Waals surface area (Å²) in [6.07, 6.45) is 1.12. The maximum Gasteiger partial charge on any atom is 0.289 e. The van der Waals surface area contributed by atoms with Crippen LogP contribution in [0.25, 0.3) is 0 Å². The highest BCUT2D eigenvalue weighted by Crippen LogP contribution is 2.19. The van der Waals surface area contributed by atoms with Crippen LogP contribution in [0.5, 0.6) is 5.88 Å². The van der Waals surface area contributed by atoms with E-state index in [-0.39, 0.29) is 29.5 Å². The van der Waals surface area contributed by atoms with Crippen molar-refractivity contribution in [3.8, 4) is 5.88 Å².